The molecule has 2 N–H and O–H groups in total. The Morgan fingerprint density at radius 1 is 1.35 bits per heavy atom. The van der Waals surface area contributed by atoms with Gasteiger partial charge in [-0.15, -0.1) is 0 Å². The van der Waals surface area contributed by atoms with Gasteiger partial charge in [0.2, 0.25) is 5.91 Å². The van der Waals surface area contributed by atoms with Gasteiger partial charge in [-0.05, 0) is 18.8 Å². The van der Waals surface area contributed by atoms with Crippen molar-refractivity contribution in [3.8, 4) is 0 Å². The summed E-state index contributed by atoms with van der Waals surface area (Å²) < 4.78 is 5.30. The van der Waals surface area contributed by atoms with Crippen molar-refractivity contribution in [3.63, 3.8) is 0 Å². The first kappa shape index (κ1) is 16.4. The van der Waals surface area contributed by atoms with Gasteiger partial charge in [-0.25, -0.2) is 0 Å². The van der Waals surface area contributed by atoms with Crippen LogP contribution in [0.5, 0.6) is 0 Å². The predicted molar refractivity (Wildman–Crippen MR) is 70.8 cm³/mol. The topological polar surface area (TPSA) is 55.6 Å². The Morgan fingerprint density at radius 2 is 2.00 bits per heavy atom. The molecule has 0 rings (SSSR count). The Hall–Kier alpha value is -0.610. The minimum absolute atomic E-state index is 0.136. The maximum Gasteiger partial charge on any atom is 0.224 e. The third-order valence-corrected chi connectivity index (χ3v) is 2.89. The molecule has 1 atom stereocenters. The summed E-state index contributed by atoms with van der Waals surface area (Å²) in [6.45, 7) is 8.24. The first-order valence-electron chi connectivity index (χ1n) is 6.56. The summed E-state index contributed by atoms with van der Waals surface area (Å²) in [7, 11) is 1.83. The zero-order valence-electron chi connectivity index (χ0n) is 11.7. The average Bonchev–Trinajstić information content (AvgIpc) is 2.30. The highest BCUT2D eigenvalue weighted by molar-refractivity contribution is 5.75. The van der Waals surface area contributed by atoms with Gasteiger partial charge >= 0.3 is 0 Å². The molecule has 0 heterocycles. The molecule has 0 saturated heterocycles. The monoisotopic (exact) mass is 244 g/mol. The number of ether oxygens (including phenoxy) is 1. The quantitative estimate of drug-likeness (QED) is 0.627. The molecule has 0 aliphatic carbocycles. The van der Waals surface area contributed by atoms with Crippen LogP contribution in [0.4, 0.5) is 0 Å². The Balaban J connectivity index is 3.67. The smallest absolute Gasteiger partial charge is 0.224 e. The molecule has 0 radical (unpaired) electrons. The lowest BCUT2D eigenvalue weighted by Gasteiger charge is -2.21. The Bertz CT molecular complexity index is 208. The van der Waals surface area contributed by atoms with Crippen LogP contribution < -0.4 is 5.73 Å². The van der Waals surface area contributed by atoms with E-state index in [1.165, 1.54) is 0 Å². The minimum Gasteiger partial charge on any atom is -0.381 e. The van der Waals surface area contributed by atoms with Gasteiger partial charge in [-0.3, -0.25) is 4.79 Å². The summed E-state index contributed by atoms with van der Waals surface area (Å²) in [6, 6.07) is 0.168. The normalized spacial score (nSPS) is 12.8. The maximum absolute atomic E-state index is 11.7. The average molecular weight is 244 g/mol. The number of nitrogens with two attached hydrogens (primary N) is 1. The number of amides is 1. The van der Waals surface area contributed by atoms with Crippen LogP contribution in [-0.4, -0.2) is 43.7 Å². The standard InChI is InChI=1S/C13H28N2O2/c1-5-9-17-10-7-13(16)15(4)8-6-12(14)11(2)3/h11-12H,5-10,14H2,1-4H3. The molecule has 0 aliphatic rings. The van der Waals surface area contributed by atoms with E-state index in [0.29, 0.717) is 18.9 Å². The highest BCUT2D eigenvalue weighted by Gasteiger charge is 2.12. The van der Waals surface area contributed by atoms with Crippen LogP contribution >= 0.6 is 0 Å². The zero-order chi connectivity index (χ0) is 13.3. The maximum atomic E-state index is 11.7. The molecule has 0 saturated carbocycles. The Labute approximate surface area is 105 Å². The lowest BCUT2D eigenvalue weighted by Crippen LogP contribution is -2.35. The molecular formula is C13H28N2O2. The molecule has 4 nitrogen and oxygen atoms in total. The zero-order valence-corrected chi connectivity index (χ0v) is 11.7. The van der Waals surface area contributed by atoms with Gasteiger partial charge in [0.05, 0.1) is 13.0 Å². The number of carbonyl (C=O) groups excluding carboxylic acids is 1. The van der Waals surface area contributed by atoms with Gasteiger partial charge in [-0.1, -0.05) is 20.8 Å². The van der Waals surface area contributed by atoms with Crippen molar-refractivity contribution in [2.45, 2.75) is 46.1 Å². The summed E-state index contributed by atoms with van der Waals surface area (Å²) in [4.78, 5) is 13.4. The van der Waals surface area contributed by atoms with Crippen LogP contribution in [0.2, 0.25) is 0 Å². The molecule has 0 aliphatic heterocycles. The van der Waals surface area contributed by atoms with E-state index in [-0.39, 0.29) is 11.9 Å². The molecular weight excluding hydrogens is 216 g/mol. The minimum atomic E-state index is 0.136. The van der Waals surface area contributed by atoms with E-state index >= 15 is 0 Å². The van der Waals surface area contributed by atoms with Crippen LogP contribution in [0.25, 0.3) is 0 Å². The molecule has 17 heavy (non-hydrogen) atoms. The molecule has 0 spiro atoms. The van der Waals surface area contributed by atoms with Crippen molar-refractivity contribution >= 4 is 5.91 Å². The number of carbonyl (C=O) groups is 1. The van der Waals surface area contributed by atoms with Crippen molar-refractivity contribution in [1.82, 2.24) is 4.90 Å². The number of hydrogen-bond acceptors (Lipinski definition) is 3. The fraction of sp³-hybridized carbons (Fsp3) is 0.923. The van der Waals surface area contributed by atoms with E-state index in [0.717, 1.165) is 26.0 Å². The first-order valence-corrected chi connectivity index (χ1v) is 6.56. The summed E-state index contributed by atoms with van der Waals surface area (Å²) in [5.74, 6) is 0.600. The second-order valence-electron chi connectivity index (χ2n) is 4.87. The molecule has 0 aromatic carbocycles. The van der Waals surface area contributed by atoms with E-state index in [1.54, 1.807) is 4.90 Å². The molecule has 4 heteroatoms. The summed E-state index contributed by atoms with van der Waals surface area (Å²) in [6.07, 6.45) is 2.32. The Kier molecular flexibility index (Phi) is 9.09. The van der Waals surface area contributed by atoms with Crippen LogP contribution in [0, 0.1) is 5.92 Å². The second-order valence-corrected chi connectivity index (χ2v) is 4.87. The highest BCUT2D eigenvalue weighted by Crippen LogP contribution is 2.04. The molecule has 102 valence electrons. The van der Waals surface area contributed by atoms with Crippen molar-refractivity contribution in [3.05, 3.63) is 0 Å². The molecule has 0 fully saturated rings. The summed E-state index contributed by atoms with van der Waals surface area (Å²) in [5.41, 5.74) is 5.94. The van der Waals surface area contributed by atoms with E-state index in [1.807, 2.05) is 7.05 Å². The number of rotatable bonds is 9. The fourth-order valence-electron chi connectivity index (χ4n) is 1.40. The van der Waals surface area contributed by atoms with Crippen LogP contribution in [0.3, 0.4) is 0 Å². The molecule has 0 aromatic rings. The molecule has 1 amide bonds. The van der Waals surface area contributed by atoms with Crippen molar-refractivity contribution in [1.29, 1.82) is 0 Å². The Morgan fingerprint density at radius 3 is 2.53 bits per heavy atom. The van der Waals surface area contributed by atoms with Gasteiger partial charge in [0.1, 0.15) is 0 Å². The molecule has 0 bridgehead atoms. The van der Waals surface area contributed by atoms with Gasteiger partial charge in [0, 0.05) is 26.2 Å². The molecule has 1 unspecified atom stereocenters. The van der Waals surface area contributed by atoms with Crippen LogP contribution in [0.15, 0.2) is 0 Å². The van der Waals surface area contributed by atoms with Crippen molar-refractivity contribution in [2.24, 2.45) is 11.7 Å². The van der Waals surface area contributed by atoms with Gasteiger partial charge in [0.15, 0.2) is 0 Å². The molecule has 0 aromatic heterocycles. The number of nitrogens with zero attached hydrogens (tertiary/aromatic N) is 1. The lowest BCUT2D eigenvalue weighted by molar-refractivity contribution is -0.131. The fourth-order valence-corrected chi connectivity index (χ4v) is 1.40. The van der Waals surface area contributed by atoms with Crippen molar-refractivity contribution < 1.29 is 9.53 Å². The number of hydrogen-bond donors (Lipinski definition) is 1. The largest absolute Gasteiger partial charge is 0.381 e. The highest BCUT2D eigenvalue weighted by atomic mass is 16.5. The van der Waals surface area contributed by atoms with Crippen LogP contribution in [-0.2, 0) is 9.53 Å². The third kappa shape index (κ3) is 8.16. The second kappa shape index (κ2) is 9.42. The van der Waals surface area contributed by atoms with E-state index < -0.39 is 0 Å². The van der Waals surface area contributed by atoms with Crippen LogP contribution in [0.1, 0.15) is 40.0 Å². The lowest BCUT2D eigenvalue weighted by atomic mass is 10.0. The summed E-state index contributed by atoms with van der Waals surface area (Å²) >= 11 is 0. The summed E-state index contributed by atoms with van der Waals surface area (Å²) in [5, 5.41) is 0. The van der Waals surface area contributed by atoms with E-state index in [4.69, 9.17) is 10.5 Å². The van der Waals surface area contributed by atoms with Gasteiger partial charge in [-0.2, -0.15) is 0 Å². The van der Waals surface area contributed by atoms with E-state index in [9.17, 15) is 4.79 Å². The predicted octanol–water partition coefficient (Wildman–Crippen LogP) is 1.63. The first-order chi connectivity index (χ1) is 7.99. The van der Waals surface area contributed by atoms with Gasteiger partial charge in [0.25, 0.3) is 0 Å². The van der Waals surface area contributed by atoms with Gasteiger partial charge < -0.3 is 15.4 Å². The third-order valence-electron chi connectivity index (χ3n) is 2.89. The van der Waals surface area contributed by atoms with E-state index in [2.05, 4.69) is 20.8 Å². The SMILES string of the molecule is CCCOCCC(=O)N(C)CCC(N)C(C)C. The van der Waals surface area contributed by atoms with Crippen molar-refractivity contribution in [2.75, 3.05) is 26.8 Å².